The lowest BCUT2D eigenvalue weighted by Gasteiger charge is -2.17. The van der Waals surface area contributed by atoms with Gasteiger partial charge in [-0.25, -0.2) is 5.90 Å². The van der Waals surface area contributed by atoms with Crippen molar-refractivity contribution < 1.29 is 19.0 Å². The van der Waals surface area contributed by atoms with Crippen molar-refractivity contribution in [2.45, 2.75) is 18.9 Å². The maximum Gasteiger partial charge on any atom is 0.164 e. The molecular formula is C13H19NO4. The molecule has 18 heavy (non-hydrogen) atoms. The quantitative estimate of drug-likeness (QED) is 0.774. The van der Waals surface area contributed by atoms with Crippen LogP contribution in [0.4, 0.5) is 0 Å². The highest BCUT2D eigenvalue weighted by molar-refractivity contribution is 5.46. The third-order valence-electron chi connectivity index (χ3n) is 2.94. The van der Waals surface area contributed by atoms with Crippen molar-refractivity contribution in [3.63, 3.8) is 0 Å². The summed E-state index contributed by atoms with van der Waals surface area (Å²) in [6.07, 6.45) is 1.72. The van der Waals surface area contributed by atoms with E-state index in [9.17, 15) is 0 Å². The number of para-hydroxylation sites is 1. The second-order valence-electron chi connectivity index (χ2n) is 4.17. The number of hydrogen-bond acceptors (Lipinski definition) is 5. The highest BCUT2D eigenvalue weighted by Crippen LogP contribution is 2.32. The molecule has 100 valence electrons. The molecule has 0 aromatic heterocycles. The van der Waals surface area contributed by atoms with E-state index in [-0.39, 0.29) is 6.10 Å². The number of rotatable bonds is 6. The minimum absolute atomic E-state index is 0.111. The van der Waals surface area contributed by atoms with Crippen molar-refractivity contribution in [2.75, 3.05) is 26.9 Å². The molecule has 1 aromatic carbocycles. The Morgan fingerprint density at radius 3 is 3.00 bits per heavy atom. The molecule has 1 aliphatic rings. The van der Waals surface area contributed by atoms with E-state index in [1.54, 1.807) is 7.11 Å². The maximum atomic E-state index is 5.90. The van der Waals surface area contributed by atoms with Gasteiger partial charge in [-0.15, -0.1) is 0 Å². The molecule has 1 aromatic rings. The predicted octanol–water partition coefficient (Wildman–Crippen LogP) is 1.30. The van der Waals surface area contributed by atoms with Crippen LogP contribution in [0.15, 0.2) is 18.2 Å². The lowest BCUT2D eigenvalue weighted by Crippen LogP contribution is -2.16. The molecule has 0 saturated carbocycles. The summed E-state index contributed by atoms with van der Waals surface area (Å²) in [5, 5.41) is 0. The molecule has 5 nitrogen and oxygen atoms in total. The SMILES string of the molecule is COc1c(CCON)cccc1OC1CCOC1. The highest BCUT2D eigenvalue weighted by Gasteiger charge is 2.20. The predicted molar refractivity (Wildman–Crippen MR) is 66.7 cm³/mol. The van der Waals surface area contributed by atoms with Gasteiger partial charge in [-0.05, 0) is 6.07 Å². The van der Waals surface area contributed by atoms with E-state index in [0.29, 0.717) is 19.6 Å². The van der Waals surface area contributed by atoms with E-state index in [4.69, 9.17) is 20.1 Å². The normalized spacial score (nSPS) is 18.9. The first-order valence-electron chi connectivity index (χ1n) is 6.07. The number of methoxy groups -OCH3 is 1. The summed E-state index contributed by atoms with van der Waals surface area (Å²) < 4.78 is 16.6. The van der Waals surface area contributed by atoms with Crippen molar-refractivity contribution in [2.24, 2.45) is 5.90 Å². The fourth-order valence-electron chi connectivity index (χ4n) is 2.04. The standard InChI is InChI=1S/C13H19NO4/c1-15-13-10(5-8-17-14)3-2-4-12(13)18-11-6-7-16-9-11/h2-4,11H,5-9,14H2,1H3. The molecule has 1 fully saturated rings. The van der Waals surface area contributed by atoms with E-state index in [1.165, 1.54) is 0 Å². The molecule has 1 atom stereocenters. The zero-order valence-electron chi connectivity index (χ0n) is 10.6. The van der Waals surface area contributed by atoms with Gasteiger partial charge in [-0.3, -0.25) is 0 Å². The highest BCUT2D eigenvalue weighted by atomic mass is 16.6. The zero-order chi connectivity index (χ0) is 12.8. The fraction of sp³-hybridized carbons (Fsp3) is 0.538. The second-order valence-corrected chi connectivity index (χ2v) is 4.17. The molecule has 1 unspecified atom stereocenters. The summed E-state index contributed by atoms with van der Waals surface area (Å²) in [5.74, 6) is 6.55. The first-order valence-corrected chi connectivity index (χ1v) is 6.07. The molecule has 1 heterocycles. The van der Waals surface area contributed by atoms with Gasteiger partial charge in [0, 0.05) is 18.4 Å². The van der Waals surface area contributed by atoms with Crippen molar-refractivity contribution in [1.29, 1.82) is 0 Å². The van der Waals surface area contributed by atoms with Gasteiger partial charge in [0.25, 0.3) is 0 Å². The van der Waals surface area contributed by atoms with Crippen LogP contribution >= 0.6 is 0 Å². The van der Waals surface area contributed by atoms with Crippen LogP contribution in [0.1, 0.15) is 12.0 Å². The topological polar surface area (TPSA) is 62.9 Å². The van der Waals surface area contributed by atoms with Gasteiger partial charge in [0.1, 0.15) is 6.10 Å². The molecule has 2 rings (SSSR count). The minimum atomic E-state index is 0.111. The van der Waals surface area contributed by atoms with Crippen molar-refractivity contribution in [3.05, 3.63) is 23.8 Å². The van der Waals surface area contributed by atoms with Crippen molar-refractivity contribution in [3.8, 4) is 11.5 Å². The van der Waals surface area contributed by atoms with Gasteiger partial charge in [-0.1, -0.05) is 12.1 Å². The summed E-state index contributed by atoms with van der Waals surface area (Å²) in [6.45, 7) is 1.85. The minimum Gasteiger partial charge on any atom is -0.493 e. The van der Waals surface area contributed by atoms with Crippen LogP contribution in [0, 0.1) is 0 Å². The van der Waals surface area contributed by atoms with E-state index in [0.717, 1.165) is 30.1 Å². The number of hydrogen-bond donors (Lipinski definition) is 1. The Balaban J connectivity index is 2.12. The number of nitrogens with two attached hydrogens (primary N) is 1. The molecule has 2 N–H and O–H groups in total. The van der Waals surface area contributed by atoms with E-state index >= 15 is 0 Å². The largest absolute Gasteiger partial charge is 0.493 e. The Bertz CT molecular complexity index is 377. The molecular weight excluding hydrogens is 234 g/mol. The second kappa shape index (κ2) is 6.58. The Morgan fingerprint density at radius 1 is 1.44 bits per heavy atom. The van der Waals surface area contributed by atoms with Crippen LogP contribution in [-0.2, 0) is 16.0 Å². The molecule has 5 heteroatoms. The Labute approximate surface area is 107 Å². The Kier molecular flexibility index (Phi) is 4.81. The van der Waals surface area contributed by atoms with Crippen molar-refractivity contribution >= 4 is 0 Å². The summed E-state index contributed by atoms with van der Waals surface area (Å²) in [6, 6.07) is 5.83. The summed E-state index contributed by atoms with van der Waals surface area (Å²) >= 11 is 0. The molecule has 0 amide bonds. The maximum absolute atomic E-state index is 5.90. The van der Waals surface area contributed by atoms with Crippen molar-refractivity contribution in [1.82, 2.24) is 0 Å². The van der Waals surface area contributed by atoms with Crippen LogP contribution < -0.4 is 15.4 Å². The van der Waals surface area contributed by atoms with Crippen LogP contribution in [0.3, 0.4) is 0 Å². The monoisotopic (exact) mass is 253 g/mol. The van der Waals surface area contributed by atoms with E-state index < -0.39 is 0 Å². The third kappa shape index (κ3) is 3.13. The molecule has 1 saturated heterocycles. The molecule has 0 spiro atoms. The van der Waals surface area contributed by atoms with Gasteiger partial charge in [0.05, 0.1) is 26.9 Å². The Hall–Kier alpha value is -1.30. The van der Waals surface area contributed by atoms with Gasteiger partial charge in [-0.2, -0.15) is 0 Å². The smallest absolute Gasteiger partial charge is 0.164 e. The zero-order valence-corrected chi connectivity index (χ0v) is 10.6. The molecule has 0 bridgehead atoms. The number of ether oxygens (including phenoxy) is 3. The molecule has 1 aliphatic heterocycles. The number of benzene rings is 1. The summed E-state index contributed by atoms with van der Waals surface area (Å²) in [4.78, 5) is 4.60. The lowest BCUT2D eigenvalue weighted by molar-refractivity contribution is 0.136. The fourth-order valence-corrected chi connectivity index (χ4v) is 2.04. The van der Waals surface area contributed by atoms with Crippen LogP contribution in [0.25, 0.3) is 0 Å². The third-order valence-corrected chi connectivity index (χ3v) is 2.94. The first kappa shape index (κ1) is 13.1. The van der Waals surface area contributed by atoms with E-state index in [1.807, 2.05) is 18.2 Å². The average Bonchev–Trinajstić information content (AvgIpc) is 2.89. The van der Waals surface area contributed by atoms with Gasteiger partial charge in [0.2, 0.25) is 0 Å². The average molecular weight is 253 g/mol. The van der Waals surface area contributed by atoms with Gasteiger partial charge in [0.15, 0.2) is 11.5 Å². The molecule has 0 radical (unpaired) electrons. The van der Waals surface area contributed by atoms with Crippen LogP contribution in [0.2, 0.25) is 0 Å². The molecule has 0 aliphatic carbocycles. The van der Waals surface area contributed by atoms with Crippen LogP contribution in [0.5, 0.6) is 11.5 Å². The van der Waals surface area contributed by atoms with Gasteiger partial charge < -0.3 is 19.0 Å². The summed E-state index contributed by atoms with van der Waals surface area (Å²) in [5.41, 5.74) is 1.03. The van der Waals surface area contributed by atoms with Crippen LogP contribution in [-0.4, -0.2) is 33.0 Å². The Morgan fingerprint density at radius 2 is 2.33 bits per heavy atom. The first-order chi connectivity index (χ1) is 8.85. The van der Waals surface area contributed by atoms with E-state index in [2.05, 4.69) is 4.84 Å². The van der Waals surface area contributed by atoms with Gasteiger partial charge >= 0.3 is 0 Å². The summed E-state index contributed by atoms with van der Waals surface area (Å²) in [7, 11) is 1.64. The lowest BCUT2D eigenvalue weighted by atomic mass is 10.1.